The molecular weight excluding hydrogens is 1120 g/mol. The van der Waals surface area contributed by atoms with Crippen molar-refractivity contribution in [1.82, 2.24) is 0 Å². The van der Waals surface area contributed by atoms with Crippen LogP contribution in [0.15, 0.2) is 0 Å². The van der Waals surface area contributed by atoms with Gasteiger partial charge in [0, 0.05) is 56.9 Å². The summed E-state index contributed by atoms with van der Waals surface area (Å²) in [7, 11) is -13.5. The normalized spacial score (nSPS) is 38.1. The number of ether oxygens (including phenoxy) is 15. The van der Waals surface area contributed by atoms with Gasteiger partial charge in [-0.15, -0.1) is 4.33 Å². The van der Waals surface area contributed by atoms with Crippen LogP contribution >= 0.6 is 12.3 Å². The molecule has 0 aromatic carbocycles. The first-order chi connectivity index (χ1) is 34.2. The van der Waals surface area contributed by atoms with E-state index in [1.54, 1.807) is 6.92 Å². The maximum Gasteiger partial charge on any atom is 0.218 e. The first kappa shape index (κ1) is 64.6. The van der Waals surface area contributed by atoms with E-state index in [1.165, 1.54) is 42.7 Å². The summed E-state index contributed by atoms with van der Waals surface area (Å²) in [5.41, 5.74) is 0. The van der Waals surface area contributed by atoms with Gasteiger partial charge < -0.3 is 94.5 Å². The van der Waals surface area contributed by atoms with Gasteiger partial charge in [0.1, 0.15) is 85.5 Å². The molecule has 35 nitrogen and oxygen atoms in total. The summed E-state index contributed by atoms with van der Waals surface area (Å²) < 4.78 is 259. The zero-order valence-corrected chi connectivity index (χ0v) is 43.8. The fraction of sp³-hybridized carbons (Fsp3) is 1.00. The average Bonchev–Trinajstić information content (AvgIpc) is 3.29. The van der Waals surface area contributed by atoms with E-state index in [4.69, 9.17) is 79.4 Å². The molecule has 4 fully saturated rings. The van der Waals surface area contributed by atoms with Gasteiger partial charge in [-0.3, -0.25) is 26.0 Å². The average molecular weight is 1170 g/mol. The number of hydrogen-bond acceptors (Lipinski definition) is 36. The third-order valence-corrected chi connectivity index (χ3v) is 13.4. The molecule has 0 amide bonds. The van der Waals surface area contributed by atoms with E-state index >= 15 is 0 Å². The first-order valence-corrected chi connectivity index (χ1v) is 26.7. The van der Waals surface area contributed by atoms with Crippen LogP contribution in [-0.4, -0.2) is 258 Å². The van der Waals surface area contributed by atoms with Crippen molar-refractivity contribution in [2.75, 3.05) is 83.3 Å². The summed E-state index contributed by atoms with van der Waals surface area (Å²) in [6.07, 6.45) is -33.3. The van der Waals surface area contributed by atoms with Crippen LogP contribution < -0.4 is 5.26 Å². The second kappa shape index (κ2) is 28.8. The Bertz CT molecular complexity index is 2110. The number of hydrogen-bond donors (Lipinski definition) is 0. The molecule has 0 radical (unpaired) electrons. The Balaban J connectivity index is 1.82. The summed E-state index contributed by atoms with van der Waals surface area (Å²) in [5.74, 6) is 0. The van der Waals surface area contributed by atoms with E-state index in [0.717, 1.165) is 14.2 Å². The third-order valence-electron chi connectivity index (χ3n) is 11.2. The highest BCUT2D eigenvalue weighted by Gasteiger charge is 2.59. The van der Waals surface area contributed by atoms with Gasteiger partial charge in [0.05, 0.1) is 32.5 Å². The highest BCUT2D eigenvalue weighted by molar-refractivity contribution is 7.89. The SMILES string of the molecule is COCC1O[C@@H](O[C@@H]2C(COC)O[C@@H](C)C(OC)[C@H]2OC)C(OC)[C@@H](OC)[C@@H]1O[C@@H]1OC(COS(=O)(=O)[O-])[C@@H](O[C@H]2OC(COS(=O)(=O)[O-])[C@@H](OSOO[O-])C(OC)C2OS(=O)(=O)[O-])C(OC)C1OS(=O)(=O)[O-]. The minimum atomic E-state index is -5.92. The number of rotatable bonds is 30. The molecule has 4 heterocycles. The van der Waals surface area contributed by atoms with Gasteiger partial charge in [-0.1, -0.05) is 0 Å². The predicted molar refractivity (Wildman–Crippen MR) is 219 cm³/mol. The molecule has 0 aromatic rings. The van der Waals surface area contributed by atoms with Crippen LogP contribution in [0.25, 0.3) is 0 Å². The van der Waals surface area contributed by atoms with Crippen LogP contribution in [0.4, 0.5) is 0 Å². The van der Waals surface area contributed by atoms with Crippen molar-refractivity contribution in [2.45, 2.75) is 130 Å². The molecule has 4 aliphatic heterocycles. The molecule has 20 atom stereocenters. The summed E-state index contributed by atoms with van der Waals surface area (Å²) in [4.78, 5) is 0. The Morgan fingerprint density at radius 2 is 0.740 bits per heavy atom. The zero-order chi connectivity index (χ0) is 54.6. The lowest BCUT2D eigenvalue weighted by Crippen LogP contribution is -2.69. The highest BCUT2D eigenvalue weighted by Crippen LogP contribution is 2.40. The molecule has 0 spiro atoms. The standard InChI is InChI=1S/C33H60O35S5/c1-14-19(49-4)24(50-5)20(15(57-14)10-47-2)61-31-28(54-9)25(51-6)21(16(58-31)11-48-3)62-32-29(65-72(41,42)43)26(52-7)22(17(59-32)12-55-70(35,36)37)63-33-30(66-73(44,45)46)27(53-8)23(64-69-68-67-34)18(60-33)13-56-71(38,39)40/h14-34H,10-13H2,1-9H3,(H,35,36,37)(H,38,39,40)(H,41,42,43)(H,44,45,46)/p-5/t14-,15?,16?,17?,18?,19?,20+,21+,22+,23+,24+,25-,26?,27?,28?,29?,30?,31-,32-,33+/m0/s1. The molecule has 73 heavy (non-hydrogen) atoms. The molecule has 0 saturated carbocycles. The Kier molecular flexibility index (Phi) is 25.5. The molecule has 0 aromatic heterocycles. The van der Waals surface area contributed by atoms with E-state index < -0.39 is 184 Å². The predicted octanol–water partition coefficient (Wildman–Crippen LogP) is -5.70. The van der Waals surface area contributed by atoms with E-state index in [2.05, 4.69) is 21.9 Å². The van der Waals surface area contributed by atoms with Crippen molar-refractivity contribution in [3.8, 4) is 0 Å². The highest BCUT2D eigenvalue weighted by atomic mass is 32.3. The fourth-order valence-corrected chi connectivity index (χ4v) is 10.4. The third kappa shape index (κ3) is 18.3. The Hall–Kier alpha value is -0.930. The van der Waals surface area contributed by atoms with Gasteiger partial charge in [0.2, 0.25) is 41.6 Å². The lowest BCUT2D eigenvalue weighted by Gasteiger charge is -2.51. The summed E-state index contributed by atoms with van der Waals surface area (Å²) in [6, 6.07) is 0. The topological polar surface area (TPSA) is 455 Å². The van der Waals surface area contributed by atoms with Crippen LogP contribution in [0, 0.1) is 0 Å². The zero-order valence-electron chi connectivity index (χ0n) is 39.7. The molecule has 0 bridgehead atoms. The van der Waals surface area contributed by atoms with E-state index in [1.807, 2.05) is 0 Å². The van der Waals surface area contributed by atoms with Crippen LogP contribution in [0.1, 0.15) is 6.92 Å². The molecule has 432 valence electrons. The monoisotopic (exact) mass is 1170 g/mol. The quantitative estimate of drug-likeness (QED) is 0.0161. The maximum atomic E-state index is 12.5. The maximum absolute atomic E-state index is 12.5. The fourth-order valence-electron chi connectivity index (χ4n) is 8.50. The Morgan fingerprint density at radius 1 is 0.411 bits per heavy atom. The van der Waals surface area contributed by atoms with E-state index in [9.17, 15) is 57.1 Å². The van der Waals surface area contributed by atoms with Crippen molar-refractivity contribution in [2.24, 2.45) is 0 Å². The second-order valence-electron chi connectivity index (χ2n) is 15.5. The molecular formula is C33H55O35S5-5. The molecule has 4 rings (SSSR count). The van der Waals surface area contributed by atoms with Gasteiger partial charge in [-0.25, -0.2) is 33.7 Å². The van der Waals surface area contributed by atoms with Crippen molar-refractivity contribution >= 4 is 53.9 Å². The van der Waals surface area contributed by atoms with Crippen LogP contribution in [-0.2, 0) is 143 Å². The summed E-state index contributed by atoms with van der Waals surface area (Å²) >= 11 is -0.298. The molecule has 0 aliphatic carbocycles. The van der Waals surface area contributed by atoms with Crippen molar-refractivity contribution in [3.05, 3.63) is 0 Å². The molecule has 10 unspecified atom stereocenters. The molecule has 0 N–H and O–H groups in total. The Labute approximate surface area is 423 Å². The minimum Gasteiger partial charge on any atom is -0.726 e. The van der Waals surface area contributed by atoms with Gasteiger partial charge in [0.25, 0.3) is 0 Å². The molecule has 40 heteroatoms. The smallest absolute Gasteiger partial charge is 0.218 e. The van der Waals surface area contributed by atoms with Gasteiger partial charge in [-0.2, -0.15) is 0 Å². The summed E-state index contributed by atoms with van der Waals surface area (Å²) in [6.45, 7) is -1.44. The molecule has 4 aliphatic rings. The minimum absolute atomic E-state index is 0.00156. The lowest BCUT2D eigenvalue weighted by atomic mass is 9.94. The van der Waals surface area contributed by atoms with Crippen LogP contribution in [0.3, 0.4) is 0 Å². The largest absolute Gasteiger partial charge is 0.726 e. The van der Waals surface area contributed by atoms with E-state index in [0.29, 0.717) is 0 Å². The first-order valence-electron chi connectivity index (χ1n) is 20.7. The van der Waals surface area contributed by atoms with Crippen molar-refractivity contribution in [1.29, 1.82) is 0 Å². The van der Waals surface area contributed by atoms with Gasteiger partial charge >= 0.3 is 0 Å². The van der Waals surface area contributed by atoms with Crippen molar-refractivity contribution in [3.63, 3.8) is 0 Å². The lowest BCUT2D eigenvalue weighted by molar-refractivity contribution is -0.777. The van der Waals surface area contributed by atoms with Gasteiger partial charge in [-0.05, 0) is 6.92 Å². The van der Waals surface area contributed by atoms with Gasteiger partial charge in [0.15, 0.2) is 43.4 Å². The van der Waals surface area contributed by atoms with E-state index in [-0.39, 0.29) is 18.9 Å². The van der Waals surface area contributed by atoms with Crippen LogP contribution in [0.5, 0.6) is 0 Å². The second-order valence-corrected chi connectivity index (χ2v) is 20.1. The van der Waals surface area contributed by atoms with Crippen LogP contribution in [0.2, 0.25) is 0 Å². The Morgan fingerprint density at radius 3 is 1.10 bits per heavy atom. The molecule has 4 saturated heterocycles. The van der Waals surface area contributed by atoms with Crippen molar-refractivity contribution < 1.29 is 158 Å². The summed E-state index contributed by atoms with van der Waals surface area (Å²) in [5, 5.41) is 13.6. The number of methoxy groups -OCH3 is 8.